The fourth-order valence-electron chi connectivity index (χ4n) is 1.56. The van der Waals surface area contributed by atoms with Crippen molar-refractivity contribution in [3.05, 3.63) is 58.8 Å². The Hall–Kier alpha value is -2.40. The quantitative estimate of drug-likeness (QED) is 0.543. The van der Waals surface area contributed by atoms with Gasteiger partial charge in [-0.3, -0.25) is 9.79 Å². The fraction of sp³-hybridized carbons (Fsp3) is 0.125. The average molecular weight is 235 g/mol. The molecule has 0 radical (unpaired) electrons. The molecule has 2 nitrogen and oxygen atoms in total. The average Bonchev–Trinajstić information content (AvgIpc) is 2.66. The van der Waals surface area contributed by atoms with Crippen molar-refractivity contribution in [3.63, 3.8) is 0 Å². The minimum Gasteiger partial charge on any atom is -0.298 e. The van der Waals surface area contributed by atoms with Crippen molar-refractivity contribution in [3.8, 4) is 11.8 Å². The molecule has 0 fully saturated rings. The molecule has 0 unspecified atom stereocenters. The van der Waals surface area contributed by atoms with Gasteiger partial charge < -0.3 is 0 Å². The molecule has 1 aromatic rings. The van der Waals surface area contributed by atoms with Gasteiger partial charge in [0.05, 0.1) is 0 Å². The molecule has 0 amide bonds. The summed E-state index contributed by atoms with van der Waals surface area (Å²) in [5, 5.41) is 0. The van der Waals surface area contributed by atoms with Crippen LogP contribution >= 0.6 is 0 Å². The number of carbonyl (C=O) groups excluding carboxylic acids is 1. The number of nitrogens with zero attached hydrogens (tertiary/aromatic N) is 1. The summed E-state index contributed by atoms with van der Waals surface area (Å²) in [6, 6.07) is 5.51. The molecule has 1 aliphatic rings. The third-order valence-corrected chi connectivity index (χ3v) is 2.62. The molecule has 88 valence electrons. The summed E-state index contributed by atoms with van der Waals surface area (Å²) in [4.78, 5) is 14.8. The SMILES string of the molecule is Cc1ccc(C=O)cc1C#CC1=CCC=CN=C1. The van der Waals surface area contributed by atoms with Crippen molar-refractivity contribution in [2.45, 2.75) is 13.3 Å². The first-order valence-corrected chi connectivity index (χ1v) is 5.76. The summed E-state index contributed by atoms with van der Waals surface area (Å²) in [5.41, 5.74) is 3.49. The lowest BCUT2D eigenvalue weighted by atomic mass is 10.1. The van der Waals surface area contributed by atoms with E-state index in [1.165, 1.54) is 0 Å². The van der Waals surface area contributed by atoms with Gasteiger partial charge in [-0.25, -0.2) is 0 Å². The number of hydrogen-bond donors (Lipinski definition) is 0. The zero-order valence-corrected chi connectivity index (χ0v) is 10.2. The van der Waals surface area contributed by atoms with Crippen LogP contribution in [-0.2, 0) is 0 Å². The standard InChI is InChI=1S/C16H13NO/c1-13-5-6-15(12-18)10-16(13)8-7-14-4-2-3-9-17-11-14/h3-6,9-12H,2H2,1H3. The van der Waals surface area contributed by atoms with Crippen molar-refractivity contribution in [2.75, 3.05) is 0 Å². The van der Waals surface area contributed by atoms with E-state index in [2.05, 4.69) is 16.8 Å². The number of allylic oxidation sites excluding steroid dienone is 3. The van der Waals surface area contributed by atoms with Crippen molar-refractivity contribution in [2.24, 2.45) is 4.99 Å². The van der Waals surface area contributed by atoms with E-state index >= 15 is 0 Å². The molecule has 2 heteroatoms. The van der Waals surface area contributed by atoms with Gasteiger partial charge in [0.1, 0.15) is 6.29 Å². The molecule has 1 aromatic carbocycles. The van der Waals surface area contributed by atoms with Crippen LogP contribution < -0.4 is 0 Å². The van der Waals surface area contributed by atoms with Crippen LogP contribution in [0.5, 0.6) is 0 Å². The monoisotopic (exact) mass is 235 g/mol. The molecule has 0 spiro atoms. The predicted octanol–water partition coefficient (Wildman–Crippen LogP) is 3.07. The maximum atomic E-state index is 10.7. The first-order chi connectivity index (χ1) is 8.79. The highest BCUT2D eigenvalue weighted by atomic mass is 16.1. The Labute approximate surface area is 107 Å². The molecule has 2 rings (SSSR count). The van der Waals surface area contributed by atoms with Crippen LogP contribution in [0.15, 0.2) is 47.1 Å². The molecule has 1 heterocycles. The number of aryl methyl sites for hydroxylation is 1. The Morgan fingerprint density at radius 3 is 3.06 bits per heavy atom. The van der Waals surface area contributed by atoms with Gasteiger partial charge >= 0.3 is 0 Å². The third kappa shape index (κ3) is 3.05. The van der Waals surface area contributed by atoms with Crippen LogP contribution in [-0.4, -0.2) is 12.5 Å². The smallest absolute Gasteiger partial charge is 0.150 e. The Balaban J connectivity index is 2.29. The van der Waals surface area contributed by atoms with Crippen LogP contribution in [0.25, 0.3) is 0 Å². The van der Waals surface area contributed by atoms with Crippen LogP contribution in [0, 0.1) is 18.8 Å². The van der Waals surface area contributed by atoms with Crippen molar-refractivity contribution in [1.82, 2.24) is 0 Å². The van der Waals surface area contributed by atoms with Gasteiger partial charge in [-0.15, -0.1) is 0 Å². The summed E-state index contributed by atoms with van der Waals surface area (Å²) in [7, 11) is 0. The topological polar surface area (TPSA) is 29.4 Å². The highest BCUT2D eigenvalue weighted by Crippen LogP contribution is 2.09. The number of hydrogen-bond acceptors (Lipinski definition) is 2. The van der Waals surface area contributed by atoms with Crippen LogP contribution in [0.4, 0.5) is 0 Å². The molecule has 0 N–H and O–H groups in total. The van der Waals surface area contributed by atoms with Crippen molar-refractivity contribution in [1.29, 1.82) is 0 Å². The van der Waals surface area contributed by atoms with Crippen LogP contribution in [0.3, 0.4) is 0 Å². The summed E-state index contributed by atoms with van der Waals surface area (Å²) in [6.07, 6.45) is 9.19. The highest BCUT2D eigenvalue weighted by Gasteiger charge is 1.97. The molecule has 0 aliphatic carbocycles. The van der Waals surface area contributed by atoms with E-state index < -0.39 is 0 Å². The number of aldehydes is 1. The lowest BCUT2D eigenvalue weighted by Gasteiger charge is -1.98. The van der Waals surface area contributed by atoms with E-state index in [9.17, 15) is 4.79 Å². The largest absolute Gasteiger partial charge is 0.298 e. The first-order valence-electron chi connectivity index (χ1n) is 5.76. The van der Waals surface area contributed by atoms with Gasteiger partial charge in [0.2, 0.25) is 0 Å². The van der Waals surface area contributed by atoms with E-state index in [1.807, 2.05) is 31.2 Å². The first kappa shape index (κ1) is 12.1. The molecule has 0 atom stereocenters. The maximum absolute atomic E-state index is 10.7. The number of carbonyl (C=O) groups is 1. The Morgan fingerprint density at radius 2 is 2.22 bits per heavy atom. The van der Waals surface area contributed by atoms with E-state index in [0.717, 1.165) is 29.4 Å². The minimum atomic E-state index is 0.648. The van der Waals surface area contributed by atoms with Crippen LogP contribution in [0.1, 0.15) is 27.9 Å². The summed E-state index contributed by atoms with van der Waals surface area (Å²) < 4.78 is 0. The minimum absolute atomic E-state index is 0.648. The van der Waals surface area contributed by atoms with Gasteiger partial charge in [0.15, 0.2) is 0 Å². The van der Waals surface area contributed by atoms with Crippen molar-refractivity contribution >= 4 is 12.5 Å². The normalized spacial score (nSPS) is 13.3. The summed E-state index contributed by atoms with van der Waals surface area (Å²) in [6.45, 7) is 1.98. The second kappa shape index (κ2) is 5.79. The zero-order valence-electron chi connectivity index (χ0n) is 10.2. The Bertz CT molecular complexity index is 610. The molecular weight excluding hydrogens is 222 g/mol. The molecule has 0 aromatic heterocycles. The van der Waals surface area contributed by atoms with E-state index in [-0.39, 0.29) is 0 Å². The Kier molecular flexibility index (Phi) is 3.88. The molecule has 0 saturated carbocycles. The van der Waals surface area contributed by atoms with Gasteiger partial charge in [0.25, 0.3) is 0 Å². The molecule has 0 bridgehead atoms. The Morgan fingerprint density at radius 1 is 1.33 bits per heavy atom. The predicted molar refractivity (Wildman–Crippen MR) is 73.8 cm³/mol. The molecule has 1 aliphatic heterocycles. The van der Waals surface area contributed by atoms with E-state index in [4.69, 9.17) is 0 Å². The number of benzene rings is 1. The third-order valence-electron chi connectivity index (χ3n) is 2.62. The molecular formula is C16H13NO. The van der Waals surface area contributed by atoms with Gasteiger partial charge in [0, 0.05) is 29.1 Å². The summed E-state index contributed by atoms with van der Waals surface area (Å²) in [5.74, 6) is 6.16. The van der Waals surface area contributed by atoms with Gasteiger partial charge in [-0.1, -0.05) is 36.1 Å². The van der Waals surface area contributed by atoms with Gasteiger partial charge in [-0.2, -0.15) is 0 Å². The second-order valence-electron chi connectivity index (χ2n) is 4.00. The maximum Gasteiger partial charge on any atom is 0.150 e. The lowest BCUT2D eigenvalue weighted by Crippen LogP contribution is -1.87. The number of aliphatic imine (C=N–C) groups is 1. The summed E-state index contributed by atoms with van der Waals surface area (Å²) >= 11 is 0. The van der Waals surface area contributed by atoms with Crippen LogP contribution in [0.2, 0.25) is 0 Å². The second-order valence-corrected chi connectivity index (χ2v) is 4.00. The fourth-order valence-corrected chi connectivity index (χ4v) is 1.56. The lowest BCUT2D eigenvalue weighted by molar-refractivity contribution is 0.112. The van der Waals surface area contributed by atoms with Gasteiger partial charge in [-0.05, 0) is 25.0 Å². The highest BCUT2D eigenvalue weighted by molar-refractivity contribution is 5.85. The van der Waals surface area contributed by atoms with Crippen molar-refractivity contribution < 1.29 is 4.79 Å². The van der Waals surface area contributed by atoms with E-state index in [1.54, 1.807) is 18.5 Å². The zero-order chi connectivity index (χ0) is 12.8. The molecule has 18 heavy (non-hydrogen) atoms. The number of rotatable bonds is 1. The van der Waals surface area contributed by atoms with E-state index in [0.29, 0.717) is 5.56 Å². The molecule has 0 saturated heterocycles.